The molecule has 2 atom stereocenters. The summed E-state index contributed by atoms with van der Waals surface area (Å²) >= 11 is 0. The summed E-state index contributed by atoms with van der Waals surface area (Å²) in [6.07, 6.45) is 6.14. The van der Waals surface area contributed by atoms with Crippen molar-refractivity contribution in [2.45, 2.75) is 24.9 Å². The van der Waals surface area contributed by atoms with Crippen LogP contribution in [0.25, 0.3) is 0 Å². The predicted octanol–water partition coefficient (Wildman–Crippen LogP) is -0.0595. The summed E-state index contributed by atoms with van der Waals surface area (Å²) in [6, 6.07) is 1.24. The molecule has 5 heteroatoms. The second-order valence-corrected chi connectivity index (χ2v) is 5.79. The maximum atomic E-state index is 4.43. The standard InChI is InChI=1S/C14H25N5/c1-15-12(3-4-14-16-5-6-17(14)2)13-11-18-7-9-19(13)10-8-18/h5-6,12-13,15H,3-4,7-11H2,1-2H3. The highest BCUT2D eigenvalue weighted by molar-refractivity contribution is 4.97. The Kier molecular flexibility index (Phi) is 3.86. The Bertz CT molecular complexity index is 408. The van der Waals surface area contributed by atoms with Gasteiger partial charge in [0, 0.05) is 70.7 Å². The predicted molar refractivity (Wildman–Crippen MR) is 76.2 cm³/mol. The maximum Gasteiger partial charge on any atom is 0.108 e. The van der Waals surface area contributed by atoms with E-state index in [0.29, 0.717) is 12.1 Å². The lowest BCUT2D eigenvalue weighted by molar-refractivity contribution is -0.00335. The first-order chi connectivity index (χ1) is 9.28. The van der Waals surface area contributed by atoms with Crippen LogP contribution in [0.15, 0.2) is 12.4 Å². The first-order valence-electron chi connectivity index (χ1n) is 7.38. The van der Waals surface area contributed by atoms with E-state index < -0.39 is 0 Å². The van der Waals surface area contributed by atoms with E-state index in [1.165, 1.54) is 38.5 Å². The molecule has 19 heavy (non-hydrogen) atoms. The molecule has 2 bridgehead atoms. The highest BCUT2D eigenvalue weighted by atomic mass is 15.4. The molecule has 106 valence electrons. The first-order valence-corrected chi connectivity index (χ1v) is 7.38. The minimum atomic E-state index is 0.569. The van der Waals surface area contributed by atoms with Crippen molar-refractivity contribution in [3.8, 4) is 0 Å². The lowest BCUT2D eigenvalue weighted by Crippen LogP contribution is -2.66. The Morgan fingerprint density at radius 2 is 2.16 bits per heavy atom. The number of rotatable bonds is 5. The van der Waals surface area contributed by atoms with Crippen LogP contribution in [-0.2, 0) is 13.5 Å². The number of hydrogen-bond donors (Lipinski definition) is 1. The second-order valence-electron chi connectivity index (χ2n) is 5.79. The maximum absolute atomic E-state index is 4.43. The average Bonchev–Trinajstić information content (AvgIpc) is 2.86. The van der Waals surface area contributed by atoms with Gasteiger partial charge in [0.1, 0.15) is 5.82 Å². The van der Waals surface area contributed by atoms with Crippen LogP contribution < -0.4 is 5.32 Å². The third-order valence-electron chi connectivity index (χ3n) is 4.76. The summed E-state index contributed by atoms with van der Waals surface area (Å²) in [5.74, 6) is 1.19. The molecule has 0 amide bonds. The molecular formula is C14H25N5. The van der Waals surface area contributed by atoms with Crippen molar-refractivity contribution in [2.75, 3.05) is 39.8 Å². The van der Waals surface area contributed by atoms with E-state index in [1.54, 1.807) is 0 Å². The molecule has 0 aliphatic carbocycles. The van der Waals surface area contributed by atoms with Gasteiger partial charge in [-0.15, -0.1) is 0 Å². The minimum Gasteiger partial charge on any atom is -0.338 e. The number of fused-ring (bicyclic) bond motifs is 3. The van der Waals surface area contributed by atoms with Gasteiger partial charge in [-0.3, -0.25) is 9.80 Å². The Balaban J connectivity index is 1.60. The van der Waals surface area contributed by atoms with Crippen molar-refractivity contribution in [3.63, 3.8) is 0 Å². The normalized spacial score (nSPS) is 31.6. The van der Waals surface area contributed by atoms with Gasteiger partial charge in [0.05, 0.1) is 0 Å². The average molecular weight is 263 g/mol. The molecule has 1 aromatic rings. The summed E-state index contributed by atoms with van der Waals surface area (Å²) in [7, 11) is 4.18. The number of likely N-dealkylation sites (N-methyl/N-ethyl adjacent to an activating group) is 1. The summed E-state index contributed by atoms with van der Waals surface area (Å²) < 4.78 is 2.13. The zero-order valence-corrected chi connectivity index (χ0v) is 12.0. The van der Waals surface area contributed by atoms with Gasteiger partial charge in [0.2, 0.25) is 0 Å². The third kappa shape index (κ3) is 2.68. The van der Waals surface area contributed by atoms with Crippen LogP contribution in [0.5, 0.6) is 0 Å². The molecule has 4 heterocycles. The molecule has 1 aromatic heterocycles. The Labute approximate surface area is 115 Å². The van der Waals surface area contributed by atoms with Gasteiger partial charge in [-0.1, -0.05) is 0 Å². The van der Waals surface area contributed by atoms with Gasteiger partial charge in [0.25, 0.3) is 0 Å². The number of hydrogen-bond acceptors (Lipinski definition) is 4. The Morgan fingerprint density at radius 1 is 1.37 bits per heavy atom. The van der Waals surface area contributed by atoms with Crippen molar-refractivity contribution < 1.29 is 0 Å². The summed E-state index contributed by atoms with van der Waals surface area (Å²) in [5.41, 5.74) is 0. The molecule has 1 N–H and O–H groups in total. The van der Waals surface area contributed by atoms with Crippen LogP contribution in [0.3, 0.4) is 0 Å². The second kappa shape index (κ2) is 5.61. The summed E-state index contributed by atoms with van der Waals surface area (Å²) in [6.45, 7) is 6.22. The van der Waals surface area contributed by atoms with E-state index in [0.717, 1.165) is 12.8 Å². The highest BCUT2D eigenvalue weighted by Gasteiger charge is 2.35. The van der Waals surface area contributed by atoms with Crippen molar-refractivity contribution >= 4 is 0 Å². The SMILES string of the molecule is CNC(CCc1nccn1C)C1CN2CCN1CC2. The fourth-order valence-corrected chi connectivity index (χ4v) is 3.49. The van der Waals surface area contributed by atoms with Crippen LogP contribution in [0.1, 0.15) is 12.2 Å². The van der Waals surface area contributed by atoms with E-state index in [4.69, 9.17) is 0 Å². The fourth-order valence-electron chi connectivity index (χ4n) is 3.49. The van der Waals surface area contributed by atoms with Crippen LogP contribution >= 0.6 is 0 Å². The molecule has 0 saturated carbocycles. The largest absolute Gasteiger partial charge is 0.338 e. The molecule has 0 spiro atoms. The van der Waals surface area contributed by atoms with Crippen LogP contribution in [0.2, 0.25) is 0 Å². The van der Waals surface area contributed by atoms with E-state index in [-0.39, 0.29) is 0 Å². The molecule has 2 unspecified atom stereocenters. The van der Waals surface area contributed by atoms with Gasteiger partial charge in [-0.2, -0.15) is 0 Å². The lowest BCUT2D eigenvalue weighted by Gasteiger charge is -2.50. The van der Waals surface area contributed by atoms with Crippen LogP contribution in [0, 0.1) is 0 Å². The molecule has 3 fully saturated rings. The molecule has 5 nitrogen and oxygen atoms in total. The van der Waals surface area contributed by atoms with Crippen molar-refractivity contribution in [1.29, 1.82) is 0 Å². The fraction of sp³-hybridized carbons (Fsp3) is 0.786. The molecule has 3 aliphatic heterocycles. The Hall–Kier alpha value is -0.910. The van der Waals surface area contributed by atoms with Gasteiger partial charge < -0.3 is 9.88 Å². The van der Waals surface area contributed by atoms with Crippen molar-refractivity contribution in [1.82, 2.24) is 24.7 Å². The summed E-state index contributed by atoms with van der Waals surface area (Å²) in [4.78, 5) is 9.70. The number of aromatic nitrogens is 2. The number of piperazine rings is 3. The molecule has 0 radical (unpaired) electrons. The topological polar surface area (TPSA) is 36.3 Å². The zero-order valence-electron chi connectivity index (χ0n) is 12.0. The van der Waals surface area contributed by atoms with Crippen molar-refractivity contribution in [2.24, 2.45) is 7.05 Å². The van der Waals surface area contributed by atoms with Gasteiger partial charge >= 0.3 is 0 Å². The monoisotopic (exact) mass is 263 g/mol. The molecule has 4 rings (SSSR count). The molecule has 3 aliphatic rings. The lowest BCUT2D eigenvalue weighted by atomic mass is 9.96. The van der Waals surface area contributed by atoms with E-state index >= 15 is 0 Å². The minimum absolute atomic E-state index is 0.569. The van der Waals surface area contributed by atoms with E-state index in [2.05, 4.69) is 38.8 Å². The van der Waals surface area contributed by atoms with Crippen LogP contribution in [-0.4, -0.2) is 71.2 Å². The zero-order chi connectivity index (χ0) is 13.2. The molecule has 0 aromatic carbocycles. The first kappa shape index (κ1) is 13.1. The highest BCUT2D eigenvalue weighted by Crippen LogP contribution is 2.20. The smallest absolute Gasteiger partial charge is 0.108 e. The van der Waals surface area contributed by atoms with Gasteiger partial charge in [0.15, 0.2) is 0 Å². The van der Waals surface area contributed by atoms with Crippen molar-refractivity contribution in [3.05, 3.63) is 18.2 Å². The Morgan fingerprint density at radius 3 is 2.68 bits per heavy atom. The molecular weight excluding hydrogens is 238 g/mol. The number of nitrogens with zero attached hydrogens (tertiary/aromatic N) is 4. The van der Waals surface area contributed by atoms with Crippen LogP contribution in [0.4, 0.5) is 0 Å². The number of imidazole rings is 1. The van der Waals surface area contributed by atoms with Gasteiger partial charge in [-0.05, 0) is 13.5 Å². The number of aryl methyl sites for hydroxylation is 2. The van der Waals surface area contributed by atoms with Gasteiger partial charge in [-0.25, -0.2) is 4.98 Å². The van der Waals surface area contributed by atoms with E-state index in [1.807, 2.05) is 12.4 Å². The number of nitrogens with one attached hydrogen (secondary N) is 1. The summed E-state index contributed by atoms with van der Waals surface area (Å²) in [5, 5.41) is 3.53. The molecule has 3 saturated heterocycles. The quantitative estimate of drug-likeness (QED) is 0.807. The van der Waals surface area contributed by atoms with E-state index in [9.17, 15) is 0 Å². The third-order valence-corrected chi connectivity index (χ3v) is 4.76.